The summed E-state index contributed by atoms with van der Waals surface area (Å²) in [6, 6.07) is 5.91. The average molecular weight is 232 g/mol. The first-order valence-electron chi connectivity index (χ1n) is 5.81. The standard InChI is InChI=1S/C14H16O3/c1-4-16-14(15)12-8-17-13-6-5-10(9(2)3)7-11(12)13/h5-9H,4H2,1-3H3. The lowest BCUT2D eigenvalue weighted by molar-refractivity contribution is 0.0527. The van der Waals surface area contributed by atoms with E-state index in [1.54, 1.807) is 6.92 Å². The van der Waals surface area contributed by atoms with Crippen molar-refractivity contribution in [1.82, 2.24) is 0 Å². The Kier molecular flexibility index (Phi) is 3.18. The summed E-state index contributed by atoms with van der Waals surface area (Å²) in [7, 11) is 0. The fourth-order valence-corrected chi connectivity index (χ4v) is 1.77. The summed E-state index contributed by atoms with van der Waals surface area (Å²) in [5.74, 6) is 0.0940. The lowest BCUT2D eigenvalue weighted by Gasteiger charge is -2.05. The number of esters is 1. The van der Waals surface area contributed by atoms with Crippen molar-refractivity contribution in [2.45, 2.75) is 26.7 Å². The van der Waals surface area contributed by atoms with Gasteiger partial charge < -0.3 is 9.15 Å². The van der Waals surface area contributed by atoms with Crippen molar-refractivity contribution < 1.29 is 13.9 Å². The van der Waals surface area contributed by atoms with Gasteiger partial charge in [-0.25, -0.2) is 4.79 Å². The highest BCUT2D eigenvalue weighted by molar-refractivity contribution is 6.03. The molecule has 90 valence electrons. The molecule has 3 nitrogen and oxygen atoms in total. The number of fused-ring (bicyclic) bond motifs is 1. The zero-order valence-electron chi connectivity index (χ0n) is 10.3. The number of hydrogen-bond acceptors (Lipinski definition) is 3. The van der Waals surface area contributed by atoms with Gasteiger partial charge in [-0.1, -0.05) is 19.9 Å². The predicted molar refractivity (Wildman–Crippen MR) is 66.3 cm³/mol. The third kappa shape index (κ3) is 2.18. The first-order chi connectivity index (χ1) is 8.13. The Morgan fingerprint density at radius 1 is 1.41 bits per heavy atom. The minimum atomic E-state index is -0.327. The van der Waals surface area contributed by atoms with Crippen LogP contribution < -0.4 is 0 Å². The monoisotopic (exact) mass is 232 g/mol. The zero-order valence-corrected chi connectivity index (χ0v) is 10.3. The molecule has 0 radical (unpaired) electrons. The lowest BCUT2D eigenvalue weighted by atomic mass is 10.0. The minimum absolute atomic E-state index is 0.327. The molecule has 1 aromatic heterocycles. The summed E-state index contributed by atoms with van der Waals surface area (Å²) in [6.07, 6.45) is 1.47. The number of hydrogen-bond donors (Lipinski definition) is 0. The van der Waals surface area contributed by atoms with Crippen LogP contribution in [-0.4, -0.2) is 12.6 Å². The smallest absolute Gasteiger partial charge is 0.342 e. The molecular formula is C14H16O3. The van der Waals surface area contributed by atoms with E-state index in [0.29, 0.717) is 18.1 Å². The SMILES string of the molecule is CCOC(=O)c1coc2ccc(C(C)C)cc12. The summed E-state index contributed by atoms with van der Waals surface area (Å²) in [5.41, 5.74) is 2.41. The van der Waals surface area contributed by atoms with Gasteiger partial charge in [-0.15, -0.1) is 0 Å². The maximum atomic E-state index is 11.7. The third-order valence-electron chi connectivity index (χ3n) is 2.76. The number of carbonyl (C=O) groups excluding carboxylic acids is 1. The van der Waals surface area contributed by atoms with Gasteiger partial charge in [0, 0.05) is 5.39 Å². The van der Waals surface area contributed by atoms with Crippen molar-refractivity contribution in [3.63, 3.8) is 0 Å². The first-order valence-corrected chi connectivity index (χ1v) is 5.81. The van der Waals surface area contributed by atoms with Gasteiger partial charge in [-0.3, -0.25) is 0 Å². The Morgan fingerprint density at radius 3 is 2.82 bits per heavy atom. The number of ether oxygens (including phenoxy) is 1. The third-order valence-corrected chi connectivity index (χ3v) is 2.76. The van der Waals surface area contributed by atoms with Gasteiger partial charge in [-0.05, 0) is 30.5 Å². The van der Waals surface area contributed by atoms with Gasteiger partial charge in [0.25, 0.3) is 0 Å². The summed E-state index contributed by atoms with van der Waals surface area (Å²) >= 11 is 0. The molecule has 0 unspecified atom stereocenters. The summed E-state index contributed by atoms with van der Waals surface area (Å²) in [4.78, 5) is 11.7. The molecule has 0 atom stereocenters. The Bertz CT molecular complexity index is 537. The Balaban J connectivity index is 2.50. The van der Waals surface area contributed by atoms with E-state index in [2.05, 4.69) is 13.8 Å². The molecule has 17 heavy (non-hydrogen) atoms. The summed E-state index contributed by atoms with van der Waals surface area (Å²) in [5, 5.41) is 0.828. The second kappa shape index (κ2) is 4.62. The van der Waals surface area contributed by atoms with Crippen LogP contribution in [0.15, 0.2) is 28.9 Å². The molecule has 0 aliphatic rings. The van der Waals surface area contributed by atoms with E-state index in [0.717, 1.165) is 11.0 Å². The van der Waals surface area contributed by atoms with Gasteiger partial charge in [0.15, 0.2) is 0 Å². The summed E-state index contributed by atoms with van der Waals surface area (Å²) in [6.45, 7) is 6.39. The van der Waals surface area contributed by atoms with Gasteiger partial charge >= 0.3 is 5.97 Å². The molecule has 0 fully saturated rings. The van der Waals surface area contributed by atoms with Crippen molar-refractivity contribution in [3.05, 3.63) is 35.6 Å². The van der Waals surface area contributed by atoms with Crippen LogP contribution in [0.1, 0.15) is 42.6 Å². The molecule has 0 bridgehead atoms. The van der Waals surface area contributed by atoms with E-state index in [9.17, 15) is 4.79 Å². The van der Waals surface area contributed by atoms with Crippen LogP contribution in [-0.2, 0) is 4.74 Å². The van der Waals surface area contributed by atoms with Crippen molar-refractivity contribution in [2.24, 2.45) is 0 Å². The van der Waals surface area contributed by atoms with Crippen LogP contribution >= 0.6 is 0 Å². The Hall–Kier alpha value is -1.77. The molecule has 1 heterocycles. The molecule has 1 aromatic carbocycles. The van der Waals surface area contributed by atoms with Gasteiger partial charge in [-0.2, -0.15) is 0 Å². The fourth-order valence-electron chi connectivity index (χ4n) is 1.77. The molecule has 2 aromatic rings. The molecule has 0 amide bonds. The molecule has 0 saturated heterocycles. The van der Waals surface area contributed by atoms with Crippen LogP contribution in [0.2, 0.25) is 0 Å². The maximum absolute atomic E-state index is 11.7. The highest BCUT2D eigenvalue weighted by Gasteiger charge is 2.15. The molecule has 0 spiro atoms. The van der Waals surface area contributed by atoms with E-state index in [-0.39, 0.29) is 5.97 Å². The van der Waals surface area contributed by atoms with Crippen LogP contribution in [0.25, 0.3) is 11.0 Å². The normalized spacial score (nSPS) is 11.1. The van der Waals surface area contributed by atoms with E-state index in [1.807, 2.05) is 18.2 Å². The molecule has 0 aliphatic carbocycles. The molecule has 0 aliphatic heterocycles. The molecule has 2 rings (SSSR count). The van der Waals surface area contributed by atoms with Crippen molar-refractivity contribution >= 4 is 16.9 Å². The number of furan rings is 1. The quantitative estimate of drug-likeness (QED) is 0.757. The van der Waals surface area contributed by atoms with E-state index in [4.69, 9.17) is 9.15 Å². The zero-order chi connectivity index (χ0) is 12.4. The second-order valence-electron chi connectivity index (χ2n) is 4.28. The van der Waals surface area contributed by atoms with Gasteiger partial charge in [0.05, 0.1) is 6.61 Å². The highest BCUT2D eigenvalue weighted by atomic mass is 16.5. The first kappa shape index (κ1) is 11.7. The topological polar surface area (TPSA) is 39.4 Å². The van der Waals surface area contributed by atoms with E-state index in [1.165, 1.54) is 11.8 Å². The lowest BCUT2D eigenvalue weighted by Crippen LogP contribution is -2.03. The summed E-state index contributed by atoms with van der Waals surface area (Å²) < 4.78 is 10.3. The van der Waals surface area contributed by atoms with E-state index < -0.39 is 0 Å². The molecule has 3 heteroatoms. The van der Waals surface area contributed by atoms with Crippen LogP contribution in [0, 0.1) is 0 Å². The maximum Gasteiger partial charge on any atom is 0.342 e. The predicted octanol–water partition coefficient (Wildman–Crippen LogP) is 3.73. The largest absolute Gasteiger partial charge is 0.463 e. The van der Waals surface area contributed by atoms with E-state index >= 15 is 0 Å². The minimum Gasteiger partial charge on any atom is -0.463 e. The van der Waals surface area contributed by atoms with Gasteiger partial charge in [0.1, 0.15) is 17.4 Å². The van der Waals surface area contributed by atoms with Gasteiger partial charge in [0.2, 0.25) is 0 Å². The number of benzene rings is 1. The second-order valence-corrected chi connectivity index (χ2v) is 4.28. The molecule has 0 saturated carbocycles. The van der Waals surface area contributed by atoms with Crippen LogP contribution in [0.3, 0.4) is 0 Å². The fraction of sp³-hybridized carbons (Fsp3) is 0.357. The number of carbonyl (C=O) groups is 1. The highest BCUT2D eigenvalue weighted by Crippen LogP contribution is 2.26. The number of rotatable bonds is 3. The Morgan fingerprint density at radius 2 is 2.18 bits per heavy atom. The van der Waals surface area contributed by atoms with Crippen molar-refractivity contribution in [1.29, 1.82) is 0 Å². The average Bonchev–Trinajstić information content (AvgIpc) is 2.71. The molecular weight excluding hydrogens is 216 g/mol. The van der Waals surface area contributed by atoms with Crippen LogP contribution in [0.4, 0.5) is 0 Å². The van der Waals surface area contributed by atoms with Crippen LogP contribution in [0.5, 0.6) is 0 Å². The van der Waals surface area contributed by atoms with Crippen molar-refractivity contribution in [2.75, 3.05) is 6.61 Å². The molecule has 0 N–H and O–H groups in total. The van der Waals surface area contributed by atoms with Crippen molar-refractivity contribution in [3.8, 4) is 0 Å². The Labute approximate surface area is 100 Å².